The number of hydrogen-bond donors (Lipinski definition) is 1. The minimum absolute atomic E-state index is 0.0286. The summed E-state index contributed by atoms with van der Waals surface area (Å²) in [7, 11) is -2.19. The molecule has 1 fully saturated rings. The first-order valence-corrected chi connectivity index (χ1v) is 10.9. The highest BCUT2D eigenvalue weighted by atomic mass is 32.2. The lowest BCUT2D eigenvalue weighted by atomic mass is 10.1. The molecule has 158 valence electrons. The monoisotopic (exact) mass is 431 g/mol. The van der Waals surface area contributed by atoms with E-state index >= 15 is 0 Å². The van der Waals surface area contributed by atoms with Gasteiger partial charge in [-0.3, -0.25) is 4.98 Å². The van der Waals surface area contributed by atoms with E-state index in [0.717, 1.165) is 3.97 Å². The number of benzene rings is 1. The lowest BCUT2D eigenvalue weighted by Crippen LogP contribution is -2.32. The molecule has 9 heteroatoms. The normalized spacial score (nSPS) is 14.5. The van der Waals surface area contributed by atoms with Crippen molar-refractivity contribution < 1.29 is 22.3 Å². The second-order valence-corrected chi connectivity index (χ2v) is 8.92. The van der Waals surface area contributed by atoms with Crippen LogP contribution in [-0.4, -0.2) is 44.2 Å². The average Bonchev–Trinajstić information content (AvgIpc) is 3.12. The fraction of sp³-hybridized carbons (Fsp3) is 0.286. The molecule has 0 saturated carbocycles. The van der Waals surface area contributed by atoms with Gasteiger partial charge in [0.1, 0.15) is 16.5 Å². The van der Waals surface area contributed by atoms with Gasteiger partial charge in [-0.1, -0.05) is 0 Å². The van der Waals surface area contributed by atoms with Crippen LogP contribution in [0.4, 0.5) is 4.39 Å². The van der Waals surface area contributed by atoms with Crippen molar-refractivity contribution >= 4 is 10.0 Å². The molecule has 0 amide bonds. The van der Waals surface area contributed by atoms with Gasteiger partial charge in [-0.25, -0.2) is 16.8 Å². The molecule has 3 heterocycles. The third-order valence-corrected chi connectivity index (χ3v) is 6.48. The fourth-order valence-electron chi connectivity index (χ4n) is 3.19. The van der Waals surface area contributed by atoms with E-state index in [4.69, 9.17) is 9.47 Å². The summed E-state index contributed by atoms with van der Waals surface area (Å²) in [6.07, 6.45) is 4.26. The number of ether oxygens (including phenoxy) is 2. The molecule has 0 atom stereocenters. The van der Waals surface area contributed by atoms with Crippen LogP contribution < -0.4 is 10.1 Å². The number of halogens is 1. The van der Waals surface area contributed by atoms with E-state index in [1.165, 1.54) is 36.8 Å². The van der Waals surface area contributed by atoms with E-state index in [9.17, 15) is 12.8 Å². The Morgan fingerprint density at radius 1 is 1.30 bits per heavy atom. The quantitative estimate of drug-likeness (QED) is 0.591. The molecule has 2 aromatic heterocycles. The van der Waals surface area contributed by atoms with Crippen LogP contribution in [0, 0.1) is 11.7 Å². The Kier molecular flexibility index (Phi) is 5.85. The molecule has 0 spiro atoms. The molecular formula is C21H22FN3O4S. The van der Waals surface area contributed by atoms with Crippen LogP contribution in [0.25, 0.3) is 11.3 Å². The Bertz CT molecular complexity index is 1130. The standard InChI is InChI=1S/C21H22FN3O4S/c1-23-9-15-7-21(25(11-15)30(26,27)18-3-2-6-24-10-18)19-5-4-17(8-20(19)22)29-14-16-12-28-13-16/h2-8,10-11,16,23H,9,12-14H2,1H3. The van der Waals surface area contributed by atoms with Gasteiger partial charge in [0.05, 0.1) is 25.5 Å². The number of nitrogens with zero attached hydrogens (tertiary/aromatic N) is 2. The predicted molar refractivity (Wildman–Crippen MR) is 109 cm³/mol. The second kappa shape index (κ2) is 8.55. The van der Waals surface area contributed by atoms with E-state index < -0.39 is 15.8 Å². The zero-order valence-corrected chi connectivity index (χ0v) is 17.2. The largest absolute Gasteiger partial charge is 0.493 e. The van der Waals surface area contributed by atoms with E-state index in [1.807, 2.05) is 0 Å². The van der Waals surface area contributed by atoms with Crippen molar-refractivity contribution in [2.45, 2.75) is 11.4 Å². The summed E-state index contributed by atoms with van der Waals surface area (Å²) in [6.45, 7) is 2.19. The number of nitrogens with one attached hydrogen (secondary N) is 1. The molecular weight excluding hydrogens is 409 g/mol. The Balaban J connectivity index is 1.71. The maximum atomic E-state index is 15.0. The molecule has 1 N–H and O–H groups in total. The maximum Gasteiger partial charge on any atom is 0.269 e. The van der Waals surface area contributed by atoms with Crippen molar-refractivity contribution in [3.8, 4) is 17.0 Å². The summed E-state index contributed by atoms with van der Waals surface area (Å²) in [4.78, 5) is 3.92. The zero-order chi connectivity index (χ0) is 21.1. The van der Waals surface area contributed by atoms with Gasteiger partial charge in [0.25, 0.3) is 10.0 Å². The van der Waals surface area contributed by atoms with E-state index in [2.05, 4.69) is 10.3 Å². The van der Waals surface area contributed by atoms with E-state index in [1.54, 1.807) is 25.2 Å². The lowest BCUT2D eigenvalue weighted by molar-refractivity contribution is -0.0508. The summed E-state index contributed by atoms with van der Waals surface area (Å²) in [5.41, 5.74) is 1.12. The van der Waals surface area contributed by atoms with Gasteiger partial charge < -0.3 is 14.8 Å². The third kappa shape index (κ3) is 4.09. The smallest absolute Gasteiger partial charge is 0.269 e. The zero-order valence-electron chi connectivity index (χ0n) is 16.4. The van der Waals surface area contributed by atoms with Crippen molar-refractivity contribution in [1.29, 1.82) is 0 Å². The molecule has 0 unspecified atom stereocenters. The van der Waals surface area contributed by atoms with Gasteiger partial charge in [-0.15, -0.1) is 0 Å². The molecule has 1 aliphatic heterocycles. The van der Waals surface area contributed by atoms with Crippen molar-refractivity contribution in [3.05, 3.63) is 66.4 Å². The Morgan fingerprint density at radius 2 is 2.13 bits per heavy atom. The SMILES string of the molecule is CNCc1cc(-c2ccc(OCC3COC3)cc2F)n(S(=O)(=O)c2cccnc2)c1. The molecule has 30 heavy (non-hydrogen) atoms. The molecule has 1 aromatic carbocycles. The van der Waals surface area contributed by atoms with E-state index in [-0.39, 0.29) is 16.2 Å². The lowest BCUT2D eigenvalue weighted by Gasteiger charge is -2.25. The topological polar surface area (TPSA) is 82.5 Å². The minimum atomic E-state index is -3.94. The summed E-state index contributed by atoms with van der Waals surface area (Å²) in [5.74, 6) is 0.152. The van der Waals surface area contributed by atoms with Gasteiger partial charge in [-0.2, -0.15) is 0 Å². The van der Waals surface area contributed by atoms with Gasteiger partial charge in [0, 0.05) is 42.7 Å². The summed E-state index contributed by atoms with van der Waals surface area (Å²) < 4.78 is 53.2. The van der Waals surface area contributed by atoms with Gasteiger partial charge in [0.15, 0.2) is 0 Å². The molecule has 7 nitrogen and oxygen atoms in total. The molecule has 0 radical (unpaired) electrons. The number of aromatic nitrogens is 2. The molecule has 3 aromatic rings. The fourth-order valence-corrected chi connectivity index (χ4v) is 4.55. The minimum Gasteiger partial charge on any atom is -0.493 e. The van der Waals surface area contributed by atoms with Crippen molar-refractivity contribution in [1.82, 2.24) is 14.3 Å². The van der Waals surface area contributed by atoms with Crippen molar-refractivity contribution in [2.75, 3.05) is 26.9 Å². The second-order valence-electron chi connectivity index (χ2n) is 7.11. The van der Waals surface area contributed by atoms with E-state index in [0.29, 0.717) is 43.6 Å². The van der Waals surface area contributed by atoms with Crippen LogP contribution in [0.15, 0.2) is 59.9 Å². The summed E-state index contributed by atoms with van der Waals surface area (Å²) >= 11 is 0. The highest BCUT2D eigenvalue weighted by Crippen LogP contribution is 2.31. The van der Waals surface area contributed by atoms with Crippen LogP contribution in [0.5, 0.6) is 5.75 Å². The number of rotatable bonds is 8. The van der Waals surface area contributed by atoms with Crippen LogP contribution in [0.1, 0.15) is 5.56 Å². The molecule has 1 aliphatic rings. The van der Waals surface area contributed by atoms with Gasteiger partial charge >= 0.3 is 0 Å². The Labute approximate surface area is 174 Å². The van der Waals surface area contributed by atoms with Crippen LogP contribution in [-0.2, 0) is 21.3 Å². The molecule has 0 bridgehead atoms. The summed E-state index contributed by atoms with van der Waals surface area (Å²) in [5, 5.41) is 2.98. The maximum absolute atomic E-state index is 15.0. The Hall–Kier alpha value is -2.75. The van der Waals surface area contributed by atoms with Crippen molar-refractivity contribution in [3.63, 3.8) is 0 Å². The third-order valence-electron chi connectivity index (χ3n) is 4.82. The molecule has 0 aliphatic carbocycles. The number of pyridine rings is 1. The van der Waals surface area contributed by atoms with Crippen LogP contribution >= 0.6 is 0 Å². The van der Waals surface area contributed by atoms with Crippen molar-refractivity contribution in [2.24, 2.45) is 5.92 Å². The highest BCUT2D eigenvalue weighted by molar-refractivity contribution is 7.90. The first-order chi connectivity index (χ1) is 14.5. The number of hydrogen-bond acceptors (Lipinski definition) is 6. The Morgan fingerprint density at radius 3 is 2.77 bits per heavy atom. The van der Waals surface area contributed by atoms with Crippen LogP contribution in [0.3, 0.4) is 0 Å². The predicted octanol–water partition coefficient (Wildman–Crippen LogP) is 2.67. The molecule has 1 saturated heterocycles. The molecule has 4 rings (SSSR count). The highest BCUT2D eigenvalue weighted by Gasteiger charge is 2.24. The van der Waals surface area contributed by atoms with Gasteiger partial charge in [0.2, 0.25) is 0 Å². The first-order valence-electron chi connectivity index (χ1n) is 9.51. The average molecular weight is 431 g/mol. The van der Waals surface area contributed by atoms with Crippen LogP contribution in [0.2, 0.25) is 0 Å². The first kappa shape index (κ1) is 20.5. The summed E-state index contributed by atoms with van der Waals surface area (Å²) in [6, 6.07) is 9.13. The van der Waals surface area contributed by atoms with Gasteiger partial charge in [-0.05, 0) is 42.9 Å².